The van der Waals surface area contributed by atoms with Crippen molar-refractivity contribution in [1.29, 1.82) is 0 Å². The number of nitrogens with zero attached hydrogens (tertiary/aromatic N) is 2. The van der Waals surface area contributed by atoms with Crippen molar-refractivity contribution in [2.75, 3.05) is 11.9 Å². The third kappa shape index (κ3) is 2.96. The van der Waals surface area contributed by atoms with Crippen molar-refractivity contribution in [3.8, 4) is 0 Å². The molecule has 1 aliphatic rings. The summed E-state index contributed by atoms with van der Waals surface area (Å²) in [5.74, 6) is -1.81. The standard InChI is InChI=1S/C15H8Cl3N3O3/c16-9-4-7-8(5-10(9)17)15(24)21(14(7)23)6-12(22)20-11-2-1-3-19-13(11)18/h1-5H,6H2,(H,20,22). The molecule has 3 amide bonds. The molecule has 2 heterocycles. The van der Waals surface area contributed by atoms with E-state index >= 15 is 0 Å². The van der Waals surface area contributed by atoms with Crippen molar-refractivity contribution in [3.05, 3.63) is 56.8 Å². The van der Waals surface area contributed by atoms with Crippen LogP contribution in [0.3, 0.4) is 0 Å². The van der Waals surface area contributed by atoms with Gasteiger partial charge in [-0.3, -0.25) is 19.3 Å². The van der Waals surface area contributed by atoms with E-state index in [0.717, 1.165) is 4.90 Å². The van der Waals surface area contributed by atoms with E-state index in [4.69, 9.17) is 34.8 Å². The number of carbonyl (C=O) groups excluding carboxylic acids is 3. The fourth-order valence-electron chi connectivity index (χ4n) is 2.24. The van der Waals surface area contributed by atoms with E-state index in [1.165, 1.54) is 18.3 Å². The number of rotatable bonds is 3. The smallest absolute Gasteiger partial charge is 0.262 e. The summed E-state index contributed by atoms with van der Waals surface area (Å²) in [7, 11) is 0. The van der Waals surface area contributed by atoms with Crippen LogP contribution in [0.15, 0.2) is 30.5 Å². The molecule has 0 fully saturated rings. The molecule has 0 spiro atoms. The summed E-state index contributed by atoms with van der Waals surface area (Å²) in [6.45, 7) is -0.465. The van der Waals surface area contributed by atoms with E-state index in [9.17, 15) is 14.4 Å². The molecule has 24 heavy (non-hydrogen) atoms. The van der Waals surface area contributed by atoms with Crippen LogP contribution in [0.2, 0.25) is 15.2 Å². The van der Waals surface area contributed by atoms with Gasteiger partial charge in [-0.15, -0.1) is 0 Å². The van der Waals surface area contributed by atoms with Gasteiger partial charge in [-0.25, -0.2) is 4.98 Å². The van der Waals surface area contributed by atoms with Crippen molar-refractivity contribution in [3.63, 3.8) is 0 Å². The Labute approximate surface area is 151 Å². The van der Waals surface area contributed by atoms with E-state index in [1.807, 2.05) is 0 Å². The Hall–Kier alpha value is -2.15. The number of fused-ring (bicyclic) bond motifs is 1. The largest absolute Gasteiger partial charge is 0.322 e. The number of amides is 3. The number of hydrogen-bond acceptors (Lipinski definition) is 4. The summed E-state index contributed by atoms with van der Waals surface area (Å²) in [6, 6.07) is 5.77. The maximum atomic E-state index is 12.3. The van der Waals surface area contributed by atoms with Gasteiger partial charge in [0.1, 0.15) is 6.54 Å². The topological polar surface area (TPSA) is 79.4 Å². The summed E-state index contributed by atoms with van der Waals surface area (Å²) in [5, 5.41) is 2.91. The number of anilines is 1. The lowest BCUT2D eigenvalue weighted by Crippen LogP contribution is -2.37. The Morgan fingerprint density at radius 2 is 1.67 bits per heavy atom. The molecule has 1 aromatic carbocycles. The highest BCUT2D eigenvalue weighted by Crippen LogP contribution is 2.31. The zero-order valence-corrected chi connectivity index (χ0v) is 14.1. The first-order valence-electron chi connectivity index (χ1n) is 6.64. The predicted molar refractivity (Wildman–Crippen MR) is 89.7 cm³/mol. The Bertz CT molecular complexity index is 845. The van der Waals surface area contributed by atoms with Crippen molar-refractivity contribution >= 4 is 58.2 Å². The van der Waals surface area contributed by atoms with Gasteiger partial charge >= 0.3 is 0 Å². The lowest BCUT2D eigenvalue weighted by Gasteiger charge is -2.13. The van der Waals surface area contributed by atoms with Crippen LogP contribution in [0.5, 0.6) is 0 Å². The normalized spacial score (nSPS) is 13.2. The van der Waals surface area contributed by atoms with E-state index < -0.39 is 24.3 Å². The van der Waals surface area contributed by atoms with Crippen LogP contribution in [-0.4, -0.2) is 34.2 Å². The van der Waals surface area contributed by atoms with Gasteiger partial charge in [0.2, 0.25) is 5.91 Å². The minimum atomic E-state index is -0.610. The summed E-state index contributed by atoms with van der Waals surface area (Å²) in [5.41, 5.74) is 0.509. The highest BCUT2D eigenvalue weighted by Gasteiger charge is 2.37. The average Bonchev–Trinajstić information content (AvgIpc) is 2.75. The number of halogens is 3. The van der Waals surface area contributed by atoms with E-state index in [0.29, 0.717) is 0 Å². The monoisotopic (exact) mass is 383 g/mol. The number of aromatic nitrogens is 1. The molecule has 0 aliphatic carbocycles. The van der Waals surface area contributed by atoms with Crippen LogP contribution in [0.25, 0.3) is 0 Å². The molecule has 0 unspecified atom stereocenters. The molecule has 6 nitrogen and oxygen atoms in total. The van der Waals surface area contributed by atoms with Gasteiger partial charge in [-0.2, -0.15) is 0 Å². The number of hydrogen-bond donors (Lipinski definition) is 1. The molecule has 0 saturated carbocycles. The first kappa shape index (κ1) is 16.7. The molecule has 0 atom stereocenters. The lowest BCUT2D eigenvalue weighted by atomic mass is 10.1. The van der Waals surface area contributed by atoms with Gasteiger partial charge < -0.3 is 5.32 Å². The van der Waals surface area contributed by atoms with E-state index in [-0.39, 0.29) is 32.0 Å². The summed E-state index contributed by atoms with van der Waals surface area (Å²) < 4.78 is 0. The highest BCUT2D eigenvalue weighted by molar-refractivity contribution is 6.43. The maximum absolute atomic E-state index is 12.3. The number of pyridine rings is 1. The molecule has 3 rings (SSSR count). The zero-order valence-electron chi connectivity index (χ0n) is 11.8. The second-order valence-corrected chi connectivity index (χ2v) is 6.07. The highest BCUT2D eigenvalue weighted by atomic mass is 35.5. The number of imide groups is 1. The third-order valence-corrected chi connectivity index (χ3v) is 4.37. The van der Waals surface area contributed by atoms with Crippen LogP contribution in [0, 0.1) is 0 Å². The Morgan fingerprint density at radius 1 is 1.08 bits per heavy atom. The SMILES string of the molecule is O=C(CN1C(=O)c2cc(Cl)c(Cl)cc2C1=O)Nc1cccnc1Cl. The van der Waals surface area contributed by atoms with Crippen LogP contribution in [-0.2, 0) is 4.79 Å². The molecular weight excluding hydrogens is 377 g/mol. The fourth-order valence-corrected chi connectivity index (χ4v) is 2.73. The summed E-state index contributed by atoms with van der Waals surface area (Å²) in [4.78, 5) is 41.4. The van der Waals surface area contributed by atoms with Crippen molar-refractivity contribution in [2.24, 2.45) is 0 Å². The Morgan fingerprint density at radius 3 is 2.21 bits per heavy atom. The van der Waals surface area contributed by atoms with Crippen molar-refractivity contribution in [2.45, 2.75) is 0 Å². The van der Waals surface area contributed by atoms with Gasteiger partial charge in [0.15, 0.2) is 5.15 Å². The van der Waals surface area contributed by atoms with Crippen LogP contribution >= 0.6 is 34.8 Å². The summed E-state index contributed by atoms with van der Waals surface area (Å²) >= 11 is 17.6. The quantitative estimate of drug-likeness (QED) is 0.650. The first-order valence-corrected chi connectivity index (χ1v) is 7.77. The van der Waals surface area contributed by atoms with Crippen LogP contribution < -0.4 is 5.32 Å². The summed E-state index contributed by atoms with van der Waals surface area (Å²) in [6.07, 6.45) is 1.47. The molecular formula is C15H8Cl3N3O3. The van der Waals surface area contributed by atoms with Crippen LogP contribution in [0.1, 0.15) is 20.7 Å². The minimum Gasteiger partial charge on any atom is -0.322 e. The minimum absolute atomic E-state index is 0.103. The van der Waals surface area contributed by atoms with Gasteiger partial charge in [0, 0.05) is 6.20 Å². The molecule has 122 valence electrons. The Kier molecular flexibility index (Phi) is 4.45. The first-order chi connectivity index (χ1) is 11.4. The van der Waals surface area contributed by atoms with Gasteiger partial charge in [0.25, 0.3) is 11.8 Å². The lowest BCUT2D eigenvalue weighted by molar-refractivity contribution is -0.116. The predicted octanol–water partition coefficient (Wildman–Crippen LogP) is 3.28. The number of benzene rings is 1. The van der Waals surface area contributed by atoms with E-state index in [1.54, 1.807) is 12.1 Å². The van der Waals surface area contributed by atoms with Crippen molar-refractivity contribution in [1.82, 2.24) is 9.88 Å². The molecule has 0 radical (unpaired) electrons. The third-order valence-electron chi connectivity index (χ3n) is 3.35. The van der Waals surface area contributed by atoms with Gasteiger partial charge in [-0.05, 0) is 24.3 Å². The van der Waals surface area contributed by atoms with E-state index in [2.05, 4.69) is 10.3 Å². The average molecular weight is 385 g/mol. The molecule has 0 saturated heterocycles. The molecule has 1 aliphatic heterocycles. The number of nitrogens with one attached hydrogen (secondary N) is 1. The number of carbonyl (C=O) groups is 3. The van der Waals surface area contributed by atoms with Gasteiger partial charge in [0.05, 0.1) is 26.9 Å². The fraction of sp³-hybridized carbons (Fsp3) is 0.0667. The molecule has 0 bridgehead atoms. The Balaban J connectivity index is 1.79. The molecule has 2 aromatic rings. The molecule has 9 heteroatoms. The van der Waals surface area contributed by atoms with Gasteiger partial charge in [-0.1, -0.05) is 34.8 Å². The second-order valence-electron chi connectivity index (χ2n) is 4.90. The zero-order chi connectivity index (χ0) is 17.4. The van der Waals surface area contributed by atoms with Crippen LogP contribution in [0.4, 0.5) is 5.69 Å². The van der Waals surface area contributed by atoms with Crippen molar-refractivity contribution < 1.29 is 14.4 Å². The molecule has 1 N–H and O–H groups in total. The second kappa shape index (κ2) is 6.39. The maximum Gasteiger partial charge on any atom is 0.262 e. The molecule has 1 aromatic heterocycles.